The molecule has 0 heterocycles. The zero-order chi connectivity index (χ0) is 13.8. The van der Waals surface area contributed by atoms with Crippen LogP contribution in [0.25, 0.3) is 0 Å². The van der Waals surface area contributed by atoms with Crippen LogP contribution in [0.5, 0.6) is 5.75 Å². The smallest absolute Gasteiger partial charge is 0.323 e. The normalized spacial score (nSPS) is 9.95. The second-order valence-corrected chi connectivity index (χ2v) is 3.86. The second kappa shape index (κ2) is 5.26. The van der Waals surface area contributed by atoms with Gasteiger partial charge in [-0.25, -0.2) is 9.18 Å². The Balaban J connectivity index is 2.05. The first kappa shape index (κ1) is 12.7. The lowest BCUT2D eigenvalue weighted by atomic mass is 10.2. The summed E-state index contributed by atoms with van der Waals surface area (Å²) < 4.78 is 12.9. The monoisotopic (exact) mass is 261 g/mol. The number of anilines is 3. The van der Waals surface area contributed by atoms with Crippen molar-refractivity contribution in [3.63, 3.8) is 0 Å². The SMILES string of the molecule is Nc1cc(O)ccc1NC(=O)Nc1cccc(F)c1. The quantitative estimate of drug-likeness (QED) is 0.495. The highest BCUT2D eigenvalue weighted by Gasteiger charge is 2.06. The maximum atomic E-state index is 12.9. The van der Waals surface area contributed by atoms with Gasteiger partial charge in [0, 0.05) is 11.8 Å². The van der Waals surface area contributed by atoms with E-state index in [0.717, 1.165) is 0 Å². The lowest BCUT2D eigenvalue weighted by Crippen LogP contribution is -2.20. The minimum absolute atomic E-state index is 0.00795. The molecule has 19 heavy (non-hydrogen) atoms. The first-order chi connectivity index (χ1) is 9.04. The number of benzene rings is 2. The van der Waals surface area contributed by atoms with E-state index in [1.165, 1.54) is 36.4 Å². The zero-order valence-corrected chi connectivity index (χ0v) is 9.85. The second-order valence-electron chi connectivity index (χ2n) is 3.86. The molecule has 0 aliphatic heterocycles. The van der Waals surface area contributed by atoms with Gasteiger partial charge in [0.25, 0.3) is 0 Å². The highest BCUT2D eigenvalue weighted by molar-refractivity contribution is 6.01. The first-order valence-corrected chi connectivity index (χ1v) is 5.46. The maximum Gasteiger partial charge on any atom is 0.323 e. The summed E-state index contributed by atoms with van der Waals surface area (Å²) in [6.07, 6.45) is 0. The van der Waals surface area contributed by atoms with Crippen LogP contribution in [-0.2, 0) is 0 Å². The van der Waals surface area contributed by atoms with E-state index < -0.39 is 11.8 Å². The molecule has 0 spiro atoms. The van der Waals surface area contributed by atoms with Crippen LogP contribution in [0.1, 0.15) is 0 Å². The lowest BCUT2D eigenvalue weighted by Gasteiger charge is -2.10. The standard InChI is InChI=1S/C13H12FN3O2/c14-8-2-1-3-9(6-8)16-13(19)17-12-5-4-10(18)7-11(12)15/h1-7,18H,15H2,(H2,16,17,19). The fourth-order valence-corrected chi connectivity index (χ4v) is 1.51. The highest BCUT2D eigenvalue weighted by atomic mass is 19.1. The minimum atomic E-state index is -0.553. The predicted octanol–water partition coefficient (Wildman–Crippen LogP) is 2.76. The summed E-state index contributed by atoms with van der Waals surface area (Å²) in [7, 11) is 0. The molecule has 5 nitrogen and oxygen atoms in total. The summed E-state index contributed by atoms with van der Waals surface area (Å²) >= 11 is 0. The summed E-state index contributed by atoms with van der Waals surface area (Å²) in [4.78, 5) is 11.7. The number of rotatable bonds is 2. The maximum absolute atomic E-state index is 12.9. The third-order valence-electron chi connectivity index (χ3n) is 2.37. The van der Waals surface area contributed by atoms with E-state index in [1.807, 2.05) is 0 Å². The molecule has 0 aliphatic carbocycles. The molecule has 0 saturated heterocycles. The van der Waals surface area contributed by atoms with Crippen LogP contribution in [0.2, 0.25) is 0 Å². The van der Waals surface area contributed by atoms with E-state index in [0.29, 0.717) is 11.4 Å². The molecule has 2 rings (SSSR count). The topological polar surface area (TPSA) is 87.4 Å². The van der Waals surface area contributed by atoms with Gasteiger partial charge in [0.2, 0.25) is 0 Å². The molecule has 0 aromatic heterocycles. The van der Waals surface area contributed by atoms with Crippen molar-refractivity contribution in [1.29, 1.82) is 0 Å². The fourth-order valence-electron chi connectivity index (χ4n) is 1.51. The van der Waals surface area contributed by atoms with E-state index >= 15 is 0 Å². The van der Waals surface area contributed by atoms with Gasteiger partial charge >= 0.3 is 6.03 Å². The highest BCUT2D eigenvalue weighted by Crippen LogP contribution is 2.23. The van der Waals surface area contributed by atoms with Gasteiger partial charge in [-0.2, -0.15) is 0 Å². The van der Waals surface area contributed by atoms with E-state index in [4.69, 9.17) is 5.73 Å². The van der Waals surface area contributed by atoms with Gasteiger partial charge < -0.3 is 21.5 Å². The molecular weight excluding hydrogens is 249 g/mol. The zero-order valence-electron chi connectivity index (χ0n) is 9.85. The summed E-state index contributed by atoms with van der Waals surface area (Å²) in [5.41, 5.74) is 6.54. The number of hydrogen-bond donors (Lipinski definition) is 4. The first-order valence-electron chi connectivity index (χ1n) is 5.46. The molecular formula is C13H12FN3O2. The molecule has 0 unspecified atom stereocenters. The molecule has 0 atom stereocenters. The van der Waals surface area contributed by atoms with Crippen LogP contribution in [0.4, 0.5) is 26.2 Å². The van der Waals surface area contributed by atoms with E-state index in [-0.39, 0.29) is 11.4 Å². The Labute approximate surface area is 108 Å². The van der Waals surface area contributed by atoms with Gasteiger partial charge in [0.05, 0.1) is 11.4 Å². The molecule has 2 aromatic rings. The number of nitrogens with one attached hydrogen (secondary N) is 2. The minimum Gasteiger partial charge on any atom is -0.508 e. The Morgan fingerprint density at radius 3 is 2.63 bits per heavy atom. The predicted molar refractivity (Wildman–Crippen MR) is 71.6 cm³/mol. The molecule has 0 aliphatic rings. The van der Waals surface area contributed by atoms with Crippen molar-refractivity contribution in [3.05, 3.63) is 48.3 Å². The summed E-state index contributed by atoms with van der Waals surface area (Å²) in [6.45, 7) is 0. The molecule has 2 amide bonds. The van der Waals surface area contributed by atoms with Gasteiger partial charge in [-0.1, -0.05) is 6.07 Å². The van der Waals surface area contributed by atoms with Gasteiger partial charge in [0.15, 0.2) is 0 Å². The third kappa shape index (κ3) is 3.35. The van der Waals surface area contributed by atoms with Crippen LogP contribution in [0, 0.1) is 5.82 Å². The van der Waals surface area contributed by atoms with Crippen molar-refractivity contribution >= 4 is 23.1 Å². The number of urea groups is 1. The fraction of sp³-hybridized carbons (Fsp3) is 0. The Morgan fingerprint density at radius 1 is 1.16 bits per heavy atom. The molecule has 6 heteroatoms. The summed E-state index contributed by atoms with van der Waals surface area (Å²) in [5, 5.41) is 14.1. The van der Waals surface area contributed by atoms with E-state index in [9.17, 15) is 14.3 Å². The number of hydrogen-bond acceptors (Lipinski definition) is 3. The van der Waals surface area contributed by atoms with Gasteiger partial charge in [-0.15, -0.1) is 0 Å². The van der Waals surface area contributed by atoms with Crippen molar-refractivity contribution in [3.8, 4) is 5.75 Å². The van der Waals surface area contributed by atoms with Gasteiger partial charge in [-0.05, 0) is 30.3 Å². The average molecular weight is 261 g/mol. The van der Waals surface area contributed by atoms with Gasteiger partial charge in [0.1, 0.15) is 11.6 Å². The van der Waals surface area contributed by atoms with Crippen molar-refractivity contribution in [2.75, 3.05) is 16.4 Å². The molecule has 5 N–H and O–H groups in total. The Kier molecular flexibility index (Phi) is 3.51. The molecule has 0 bridgehead atoms. The average Bonchev–Trinajstić information content (AvgIpc) is 2.33. The number of nitrogen functional groups attached to an aromatic ring is 1. The molecule has 0 saturated carbocycles. The van der Waals surface area contributed by atoms with Crippen LogP contribution in [-0.4, -0.2) is 11.1 Å². The number of carbonyl (C=O) groups is 1. The van der Waals surface area contributed by atoms with E-state index in [2.05, 4.69) is 10.6 Å². The van der Waals surface area contributed by atoms with Crippen molar-refractivity contribution in [2.24, 2.45) is 0 Å². The van der Waals surface area contributed by atoms with Crippen LogP contribution >= 0.6 is 0 Å². The number of amides is 2. The summed E-state index contributed by atoms with van der Waals surface area (Å²) in [6, 6.07) is 9.15. The number of aromatic hydroxyl groups is 1. The number of phenols is 1. The summed E-state index contributed by atoms with van der Waals surface area (Å²) in [5.74, 6) is -0.435. The lowest BCUT2D eigenvalue weighted by molar-refractivity contribution is 0.262. The van der Waals surface area contributed by atoms with Gasteiger partial charge in [-0.3, -0.25) is 0 Å². The Morgan fingerprint density at radius 2 is 1.95 bits per heavy atom. The number of phenolic OH excluding ortho intramolecular Hbond substituents is 1. The Bertz CT molecular complexity index is 617. The van der Waals surface area contributed by atoms with Crippen LogP contribution in [0.3, 0.4) is 0 Å². The molecule has 0 fully saturated rings. The number of halogens is 1. The Hall–Kier alpha value is -2.76. The molecule has 0 radical (unpaired) electrons. The number of nitrogens with two attached hydrogens (primary N) is 1. The van der Waals surface area contributed by atoms with Crippen LogP contribution in [0.15, 0.2) is 42.5 Å². The molecule has 2 aromatic carbocycles. The largest absolute Gasteiger partial charge is 0.508 e. The van der Waals surface area contributed by atoms with Crippen molar-refractivity contribution in [1.82, 2.24) is 0 Å². The number of carbonyl (C=O) groups excluding carboxylic acids is 1. The van der Waals surface area contributed by atoms with Crippen molar-refractivity contribution < 1.29 is 14.3 Å². The van der Waals surface area contributed by atoms with Crippen molar-refractivity contribution in [2.45, 2.75) is 0 Å². The van der Waals surface area contributed by atoms with Crippen LogP contribution < -0.4 is 16.4 Å². The third-order valence-corrected chi connectivity index (χ3v) is 2.37. The van der Waals surface area contributed by atoms with E-state index in [1.54, 1.807) is 6.07 Å². The molecule has 98 valence electrons.